The standard InChI is InChI=1S/C12H12FN/c1-2-9-7-14-8-12(9)10-3-5-11(13)6-4-10/h3-8,14H,2H2,1H3. The lowest BCUT2D eigenvalue weighted by Crippen LogP contribution is -1.82. The van der Waals surface area contributed by atoms with Crippen molar-refractivity contribution in [2.24, 2.45) is 0 Å². The van der Waals surface area contributed by atoms with Gasteiger partial charge in [-0.3, -0.25) is 0 Å². The van der Waals surface area contributed by atoms with Crippen LogP contribution in [0.1, 0.15) is 12.5 Å². The molecule has 72 valence electrons. The number of aromatic amines is 1. The molecule has 14 heavy (non-hydrogen) atoms. The molecule has 0 radical (unpaired) electrons. The Morgan fingerprint density at radius 2 is 1.86 bits per heavy atom. The van der Waals surface area contributed by atoms with E-state index in [-0.39, 0.29) is 5.82 Å². The van der Waals surface area contributed by atoms with Gasteiger partial charge >= 0.3 is 0 Å². The molecule has 1 aromatic heterocycles. The SMILES string of the molecule is CCc1c[nH]cc1-c1ccc(F)cc1. The maximum atomic E-state index is 12.7. The topological polar surface area (TPSA) is 15.8 Å². The van der Waals surface area contributed by atoms with Crippen LogP contribution in [-0.2, 0) is 6.42 Å². The van der Waals surface area contributed by atoms with Gasteiger partial charge in [-0.25, -0.2) is 4.39 Å². The van der Waals surface area contributed by atoms with Crippen molar-refractivity contribution in [3.63, 3.8) is 0 Å². The van der Waals surface area contributed by atoms with Crippen LogP contribution < -0.4 is 0 Å². The molecule has 1 aromatic carbocycles. The van der Waals surface area contributed by atoms with Crippen LogP contribution in [0.2, 0.25) is 0 Å². The van der Waals surface area contributed by atoms with Gasteiger partial charge in [0.15, 0.2) is 0 Å². The lowest BCUT2D eigenvalue weighted by atomic mass is 10.0. The highest BCUT2D eigenvalue weighted by molar-refractivity contribution is 5.66. The maximum absolute atomic E-state index is 12.7. The van der Waals surface area contributed by atoms with Crippen LogP contribution in [0.15, 0.2) is 36.7 Å². The summed E-state index contributed by atoms with van der Waals surface area (Å²) in [6.45, 7) is 2.11. The van der Waals surface area contributed by atoms with Gasteiger partial charge in [0.05, 0.1) is 0 Å². The lowest BCUT2D eigenvalue weighted by molar-refractivity contribution is 0.628. The Bertz CT molecular complexity index is 414. The lowest BCUT2D eigenvalue weighted by Gasteiger charge is -2.00. The number of halogens is 1. The number of aryl methyl sites for hydroxylation is 1. The molecule has 0 atom stereocenters. The van der Waals surface area contributed by atoms with Crippen LogP contribution in [0.3, 0.4) is 0 Å². The number of nitrogens with one attached hydrogen (secondary N) is 1. The molecule has 0 aliphatic rings. The molecule has 0 saturated heterocycles. The average Bonchev–Trinajstić information content (AvgIpc) is 2.67. The molecule has 0 spiro atoms. The summed E-state index contributed by atoms with van der Waals surface area (Å²) in [5, 5.41) is 0. The third-order valence-electron chi connectivity index (χ3n) is 2.37. The first-order valence-electron chi connectivity index (χ1n) is 4.73. The van der Waals surface area contributed by atoms with E-state index in [0.717, 1.165) is 17.5 Å². The molecule has 0 aliphatic carbocycles. The molecule has 1 heterocycles. The van der Waals surface area contributed by atoms with Crippen LogP contribution in [0.5, 0.6) is 0 Å². The molecule has 0 unspecified atom stereocenters. The smallest absolute Gasteiger partial charge is 0.123 e. The minimum absolute atomic E-state index is 0.192. The van der Waals surface area contributed by atoms with E-state index in [1.54, 1.807) is 12.1 Å². The Morgan fingerprint density at radius 3 is 2.50 bits per heavy atom. The Hall–Kier alpha value is -1.57. The van der Waals surface area contributed by atoms with Gasteiger partial charge < -0.3 is 4.98 Å². The van der Waals surface area contributed by atoms with Crippen molar-refractivity contribution in [1.82, 2.24) is 4.98 Å². The zero-order valence-corrected chi connectivity index (χ0v) is 8.05. The highest BCUT2D eigenvalue weighted by Crippen LogP contribution is 2.23. The second-order valence-electron chi connectivity index (χ2n) is 3.25. The minimum atomic E-state index is -0.192. The first-order chi connectivity index (χ1) is 6.81. The summed E-state index contributed by atoms with van der Waals surface area (Å²) in [6.07, 6.45) is 4.92. The third kappa shape index (κ3) is 1.55. The van der Waals surface area contributed by atoms with E-state index in [9.17, 15) is 4.39 Å². The number of hydrogen-bond donors (Lipinski definition) is 1. The first kappa shape index (κ1) is 9.00. The van der Waals surface area contributed by atoms with Gasteiger partial charge in [-0.15, -0.1) is 0 Å². The van der Waals surface area contributed by atoms with E-state index in [1.165, 1.54) is 17.7 Å². The highest BCUT2D eigenvalue weighted by Gasteiger charge is 2.03. The number of benzene rings is 1. The normalized spacial score (nSPS) is 10.4. The highest BCUT2D eigenvalue weighted by atomic mass is 19.1. The second kappa shape index (κ2) is 3.66. The average molecular weight is 189 g/mol. The minimum Gasteiger partial charge on any atom is -0.367 e. The number of aromatic nitrogens is 1. The van der Waals surface area contributed by atoms with Crippen molar-refractivity contribution >= 4 is 0 Å². The van der Waals surface area contributed by atoms with Crippen molar-refractivity contribution in [3.05, 3.63) is 48.0 Å². The molecular formula is C12H12FN. The van der Waals surface area contributed by atoms with Crippen LogP contribution in [-0.4, -0.2) is 4.98 Å². The van der Waals surface area contributed by atoms with E-state index in [1.807, 2.05) is 12.4 Å². The van der Waals surface area contributed by atoms with Gasteiger partial charge in [-0.2, -0.15) is 0 Å². The van der Waals surface area contributed by atoms with E-state index in [4.69, 9.17) is 0 Å². The summed E-state index contributed by atoms with van der Waals surface area (Å²) in [5.41, 5.74) is 3.48. The fourth-order valence-corrected chi connectivity index (χ4v) is 1.59. The summed E-state index contributed by atoms with van der Waals surface area (Å²) >= 11 is 0. The maximum Gasteiger partial charge on any atom is 0.123 e. The number of hydrogen-bond acceptors (Lipinski definition) is 0. The molecule has 0 bridgehead atoms. The van der Waals surface area contributed by atoms with Crippen molar-refractivity contribution in [3.8, 4) is 11.1 Å². The first-order valence-corrected chi connectivity index (χ1v) is 4.73. The summed E-state index contributed by atoms with van der Waals surface area (Å²) in [4.78, 5) is 3.07. The Labute approximate surface area is 82.6 Å². The van der Waals surface area contributed by atoms with Gasteiger partial charge in [0.1, 0.15) is 5.82 Å². The molecule has 1 N–H and O–H groups in total. The van der Waals surface area contributed by atoms with Crippen LogP contribution in [0.25, 0.3) is 11.1 Å². The third-order valence-corrected chi connectivity index (χ3v) is 2.37. The Balaban J connectivity index is 2.44. The summed E-state index contributed by atoms with van der Waals surface area (Å²) < 4.78 is 12.7. The van der Waals surface area contributed by atoms with E-state index < -0.39 is 0 Å². The van der Waals surface area contributed by atoms with Crippen LogP contribution >= 0.6 is 0 Å². The fraction of sp³-hybridized carbons (Fsp3) is 0.167. The zero-order chi connectivity index (χ0) is 9.97. The number of H-pyrrole nitrogens is 1. The van der Waals surface area contributed by atoms with Gasteiger partial charge in [0, 0.05) is 18.0 Å². The largest absolute Gasteiger partial charge is 0.367 e. The Kier molecular flexibility index (Phi) is 2.35. The van der Waals surface area contributed by atoms with E-state index >= 15 is 0 Å². The molecule has 0 fully saturated rings. The fourth-order valence-electron chi connectivity index (χ4n) is 1.59. The summed E-state index contributed by atoms with van der Waals surface area (Å²) in [7, 11) is 0. The van der Waals surface area contributed by atoms with E-state index in [2.05, 4.69) is 11.9 Å². The molecular weight excluding hydrogens is 177 g/mol. The second-order valence-corrected chi connectivity index (χ2v) is 3.25. The molecule has 0 saturated carbocycles. The van der Waals surface area contributed by atoms with E-state index in [0.29, 0.717) is 0 Å². The summed E-state index contributed by atoms with van der Waals surface area (Å²) in [5.74, 6) is -0.192. The number of rotatable bonds is 2. The van der Waals surface area contributed by atoms with Gasteiger partial charge in [0.25, 0.3) is 0 Å². The molecule has 0 aliphatic heterocycles. The Morgan fingerprint density at radius 1 is 1.14 bits per heavy atom. The van der Waals surface area contributed by atoms with Crippen molar-refractivity contribution in [1.29, 1.82) is 0 Å². The monoisotopic (exact) mass is 189 g/mol. The molecule has 1 nitrogen and oxygen atoms in total. The van der Waals surface area contributed by atoms with Gasteiger partial charge in [-0.05, 0) is 29.7 Å². The molecule has 2 rings (SSSR count). The van der Waals surface area contributed by atoms with Crippen molar-refractivity contribution < 1.29 is 4.39 Å². The molecule has 2 aromatic rings. The molecule has 0 amide bonds. The van der Waals surface area contributed by atoms with Gasteiger partial charge in [0.2, 0.25) is 0 Å². The van der Waals surface area contributed by atoms with Crippen LogP contribution in [0, 0.1) is 5.82 Å². The predicted octanol–water partition coefficient (Wildman–Crippen LogP) is 3.38. The van der Waals surface area contributed by atoms with Crippen molar-refractivity contribution in [2.75, 3.05) is 0 Å². The van der Waals surface area contributed by atoms with Crippen LogP contribution in [0.4, 0.5) is 4.39 Å². The van der Waals surface area contributed by atoms with Crippen molar-refractivity contribution in [2.45, 2.75) is 13.3 Å². The molecule has 2 heteroatoms. The summed E-state index contributed by atoms with van der Waals surface area (Å²) in [6, 6.07) is 6.58. The predicted molar refractivity (Wildman–Crippen MR) is 55.6 cm³/mol. The zero-order valence-electron chi connectivity index (χ0n) is 8.05. The quantitative estimate of drug-likeness (QED) is 0.745. The van der Waals surface area contributed by atoms with Gasteiger partial charge in [-0.1, -0.05) is 19.1 Å².